The van der Waals surface area contributed by atoms with E-state index in [0.717, 1.165) is 35.3 Å². The molecule has 0 saturated carbocycles. The highest BCUT2D eigenvalue weighted by molar-refractivity contribution is 5.93. The number of phenolic OH excluding ortho intramolecular Hbond substituents is 1. The molecule has 3 rings (SSSR count). The monoisotopic (exact) mass is 687 g/mol. The zero-order chi connectivity index (χ0) is 36.1. The van der Waals surface area contributed by atoms with Crippen molar-refractivity contribution in [3.8, 4) is 5.75 Å². The first-order chi connectivity index (χ1) is 24.2. The van der Waals surface area contributed by atoms with Crippen molar-refractivity contribution in [1.29, 1.82) is 0 Å². The number of benzene rings is 3. The number of nitrogens with two attached hydrogens (primary N) is 2. The topological polar surface area (TPSA) is 225 Å². The molecular weight excluding hydrogens is 638 g/mol. The van der Waals surface area contributed by atoms with Gasteiger partial charge in [-0.05, 0) is 66.8 Å². The van der Waals surface area contributed by atoms with Crippen LogP contribution in [0.4, 0.5) is 10.5 Å². The molecular formula is C36H49N9O5. The van der Waals surface area contributed by atoms with Crippen LogP contribution in [0.1, 0.15) is 55.2 Å². The van der Waals surface area contributed by atoms with Crippen LogP contribution < -0.4 is 43.4 Å². The van der Waals surface area contributed by atoms with Crippen molar-refractivity contribution in [2.45, 2.75) is 51.1 Å². The van der Waals surface area contributed by atoms with Crippen LogP contribution >= 0.6 is 0 Å². The number of anilines is 1. The van der Waals surface area contributed by atoms with Gasteiger partial charge in [0.1, 0.15) is 11.8 Å². The average Bonchev–Trinajstić information content (AvgIpc) is 3.12. The van der Waals surface area contributed by atoms with Gasteiger partial charge in [0, 0.05) is 44.8 Å². The van der Waals surface area contributed by atoms with Gasteiger partial charge in [-0.25, -0.2) is 4.79 Å². The molecule has 14 heteroatoms. The quantitative estimate of drug-likeness (QED) is 0.0510. The summed E-state index contributed by atoms with van der Waals surface area (Å²) in [5.41, 5.74) is 14.7. The Morgan fingerprint density at radius 2 is 1.44 bits per heavy atom. The molecule has 268 valence electrons. The average molecular weight is 688 g/mol. The maximum atomic E-state index is 14.0. The van der Waals surface area contributed by atoms with E-state index >= 15 is 0 Å². The highest BCUT2D eigenvalue weighted by Gasteiger charge is 2.28. The Morgan fingerprint density at radius 1 is 0.760 bits per heavy atom. The maximum absolute atomic E-state index is 14.0. The Kier molecular flexibility index (Phi) is 16.6. The fourth-order valence-electron chi connectivity index (χ4n) is 4.93. The third-order valence-electron chi connectivity index (χ3n) is 7.63. The lowest BCUT2D eigenvalue weighted by Gasteiger charge is -2.23. The van der Waals surface area contributed by atoms with E-state index in [-0.39, 0.29) is 62.0 Å². The Bertz CT molecular complexity index is 1530. The van der Waals surface area contributed by atoms with Gasteiger partial charge in [0.05, 0.1) is 5.92 Å². The van der Waals surface area contributed by atoms with E-state index in [0.29, 0.717) is 19.4 Å². The molecule has 0 radical (unpaired) electrons. The van der Waals surface area contributed by atoms with Crippen molar-refractivity contribution in [1.82, 2.24) is 26.6 Å². The molecule has 1 unspecified atom stereocenters. The SMILES string of the molecule is CCC(=O)NCCNC(=O)/N=C(/N)NCCC[C@@H](NC(=O)C(c1ccccc1)c1ccc(NCCCN)cc1)C(=O)NCc1ccc(O)cc1. The number of aliphatic imine (C=N–C) groups is 1. The minimum Gasteiger partial charge on any atom is -0.508 e. The highest BCUT2D eigenvalue weighted by Crippen LogP contribution is 2.26. The third kappa shape index (κ3) is 13.8. The van der Waals surface area contributed by atoms with Gasteiger partial charge in [0.25, 0.3) is 0 Å². The molecule has 0 aliphatic carbocycles. The van der Waals surface area contributed by atoms with Gasteiger partial charge in [-0.1, -0.05) is 61.5 Å². The van der Waals surface area contributed by atoms with E-state index in [4.69, 9.17) is 11.5 Å². The van der Waals surface area contributed by atoms with Crippen LogP contribution in [0.3, 0.4) is 0 Å². The van der Waals surface area contributed by atoms with Crippen molar-refractivity contribution in [2.24, 2.45) is 16.5 Å². The summed E-state index contributed by atoms with van der Waals surface area (Å²) in [4.78, 5) is 54.6. The van der Waals surface area contributed by atoms with Crippen molar-refractivity contribution in [3.05, 3.63) is 95.6 Å². The van der Waals surface area contributed by atoms with Crippen LogP contribution in [0, 0.1) is 0 Å². The van der Waals surface area contributed by atoms with E-state index in [2.05, 4.69) is 36.9 Å². The van der Waals surface area contributed by atoms with Gasteiger partial charge in [-0.15, -0.1) is 0 Å². The first-order valence-electron chi connectivity index (χ1n) is 16.8. The van der Waals surface area contributed by atoms with E-state index in [1.54, 1.807) is 19.1 Å². The third-order valence-corrected chi connectivity index (χ3v) is 7.63. The number of urea groups is 1. The predicted octanol–water partition coefficient (Wildman–Crippen LogP) is 2.01. The van der Waals surface area contributed by atoms with E-state index in [1.165, 1.54) is 12.1 Å². The van der Waals surface area contributed by atoms with Crippen LogP contribution in [0.5, 0.6) is 5.75 Å². The van der Waals surface area contributed by atoms with Crippen molar-refractivity contribution < 1.29 is 24.3 Å². The Hall–Kier alpha value is -5.63. The number of carbonyl (C=O) groups is 4. The second kappa shape index (κ2) is 21.4. The van der Waals surface area contributed by atoms with Crippen molar-refractivity contribution >= 4 is 35.4 Å². The molecule has 0 aliphatic heterocycles. The standard InChI is InChI=1S/C36H49N9O5/c1-2-31(47)40-22-23-42-36(50)45-35(38)41-20-6-10-30(33(48)43-24-25-11-17-29(46)18-12-25)44-34(49)32(26-8-4-3-5-9-26)27-13-15-28(16-14-27)39-21-7-19-37/h3-5,8-9,11-18,30,32,39,46H,2,6-7,10,19-24,37H2,1H3,(H,40,47)(H,43,48)(H,44,49)(H4,38,41,42,45,50)/t30-,32?/m1/s1. The van der Waals surface area contributed by atoms with Gasteiger partial charge in [-0.2, -0.15) is 4.99 Å². The van der Waals surface area contributed by atoms with Crippen LogP contribution in [-0.2, 0) is 20.9 Å². The maximum Gasteiger partial charge on any atom is 0.344 e. The number of phenols is 1. The van der Waals surface area contributed by atoms with Gasteiger partial charge >= 0.3 is 6.03 Å². The molecule has 5 amide bonds. The summed E-state index contributed by atoms with van der Waals surface area (Å²) in [7, 11) is 0. The summed E-state index contributed by atoms with van der Waals surface area (Å²) >= 11 is 0. The predicted molar refractivity (Wildman–Crippen MR) is 194 cm³/mol. The first kappa shape index (κ1) is 38.8. The highest BCUT2D eigenvalue weighted by atomic mass is 16.3. The molecule has 0 bridgehead atoms. The lowest BCUT2D eigenvalue weighted by molar-refractivity contribution is -0.129. The summed E-state index contributed by atoms with van der Waals surface area (Å²) in [6.45, 7) is 3.99. The van der Waals surface area contributed by atoms with Gasteiger partial charge in [0.2, 0.25) is 17.7 Å². The lowest BCUT2D eigenvalue weighted by atomic mass is 9.90. The summed E-state index contributed by atoms with van der Waals surface area (Å²) in [6.07, 6.45) is 1.83. The fraction of sp³-hybridized carbons (Fsp3) is 0.361. The lowest BCUT2D eigenvalue weighted by Crippen LogP contribution is -2.48. The molecule has 3 aromatic carbocycles. The molecule has 0 saturated heterocycles. The molecule has 0 spiro atoms. The number of nitrogens with one attached hydrogen (secondary N) is 6. The number of guanidine groups is 1. The molecule has 14 nitrogen and oxygen atoms in total. The number of amides is 5. The summed E-state index contributed by atoms with van der Waals surface area (Å²) in [5.74, 6) is -1.52. The van der Waals surface area contributed by atoms with Gasteiger partial charge in [0.15, 0.2) is 5.96 Å². The van der Waals surface area contributed by atoms with Gasteiger partial charge < -0.3 is 48.5 Å². The van der Waals surface area contributed by atoms with Crippen LogP contribution in [-0.4, -0.2) is 73.6 Å². The van der Waals surface area contributed by atoms with Crippen molar-refractivity contribution in [2.75, 3.05) is 38.0 Å². The van der Waals surface area contributed by atoms with Crippen LogP contribution in [0.2, 0.25) is 0 Å². The molecule has 3 aromatic rings. The smallest absolute Gasteiger partial charge is 0.344 e. The number of carbonyl (C=O) groups excluding carboxylic acids is 4. The van der Waals surface area contributed by atoms with E-state index in [1.807, 2.05) is 54.6 Å². The molecule has 0 heterocycles. The number of rotatable bonds is 19. The molecule has 11 N–H and O–H groups in total. The number of hydrogen-bond donors (Lipinski definition) is 9. The van der Waals surface area contributed by atoms with Crippen molar-refractivity contribution in [3.63, 3.8) is 0 Å². The van der Waals surface area contributed by atoms with Gasteiger partial charge in [-0.3, -0.25) is 14.4 Å². The van der Waals surface area contributed by atoms with E-state index in [9.17, 15) is 24.3 Å². The fourth-order valence-corrected chi connectivity index (χ4v) is 4.93. The normalized spacial score (nSPS) is 12.2. The zero-order valence-electron chi connectivity index (χ0n) is 28.4. The molecule has 0 fully saturated rings. The minimum atomic E-state index is -0.898. The number of aromatic hydroxyl groups is 1. The molecule has 2 atom stereocenters. The first-order valence-corrected chi connectivity index (χ1v) is 16.8. The Balaban J connectivity index is 1.68. The second-order valence-corrected chi connectivity index (χ2v) is 11.5. The second-order valence-electron chi connectivity index (χ2n) is 11.5. The largest absolute Gasteiger partial charge is 0.508 e. The summed E-state index contributed by atoms with van der Waals surface area (Å²) < 4.78 is 0. The number of hydrogen-bond acceptors (Lipinski definition) is 7. The molecule has 0 aliphatic rings. The van der Waals surface area contributed by atoms with Crippen LogP contribution in [0.15, 0.2) is 83.9 Å². The zero-order valence-corrected chi connectivity index (χ0v) is 28.4. The molecule has 50 heavy (non-hydrogen) atoms. The Morgan fingerprint density at radius 3 is 2.12 bits per heavy atom. The Labute approximate surface area is 292 Å². The summed E-state index contributed by atoms with van der Waals surface area (Å²) in [6, 6.07) is 21.9. The summed E-state index contributed by atoms with van der Waals surface area (Å²) in [5, 5.41) is 26.8. The molecule has 0 aromatic heterocycles. The minimum absolute atomic E-state index is 0.109. The number of nitrogens with zero attached hydrogens (tertiary/aromatic N) is 1. The van der Waals surface area contributed by atoms with E-state index < -0.39 is 18.0 Å². The van der Waals surface area contributed by atoms with Crippen LogP contribution in [0.25, 0.3) is 0 Å².